The number of benzene rings is 1. The number of nitrogens with zero attached hydrogens (tertiary/aromatic N) is 4. The largest absolute Gasteiger partial charge is 0.417 e. The molecule has 0 amide bonds. The summed E-state index contributed by atoms with van der Waals surface area (Å²) in [5.74, 6) is 0.220. The molecule has 1 N–H and O–H groups in total. The quantitative estimate of drug-likeness (QED) is 0.708. The van der Waals surface area contributed by atoms with Gasteiger partial charge in [-0.05, 0) is 18.2 Å². The van der Waals surface area contributed by atoms with Crippen LogP contribution in [-0.4, -0.2) is 28.2 Å². The number of hydrogen-bond acceptors (Lipinski definition) is 6. The van der Waals surface area contributed by atoms with Crippen LogP contribution >= 0.6 is 11.6 Å². The van der Waals surface area contributed by atoms with E-state index < -0.39 is 16.8 Å². The average Bonchev–Trinajstić information content (AvgIpc) is 3.15. The van der Waals surface area contributed by atoms with Crippen molar-refractivity contribution in [3.63, 3.8) is 0 Å². The fraction of sp³-hybridized carbons (Fsp3) is 0.0625. The molecule has 0 saturated carbocycles. The second kappa shape index (κ2) is 9.30. The van der Waals surface area contributed by atoms with Gasteiger partial charge >= 0.3 is 6.18 Å². The highest BCUT2D eigenvalue weighted by atomic mass is 35.5. The van der Waals surface area contributed by atoms with Crippen LogP contribution in [0.15, 0.2) is 36.7 Å². The normalized spacial score (nSPS) is 10.0. The van der Waals surface area contributed by atoms with Crippen molar-refractivity contribution in [2.24, 2.45) is 0 Å². The number of alkyl halides is 3. The Hall–Kier alpha value is -3.45. The Bertz CT molecular complexity index is 967. The molecule has 11 heteroatoms. The summed E-state index contributed by atoms with van der Waals surface area (Å²) in [7, 11) is 0. The van der Waals surface area contributed by atoms with Crippen molar-refractivity contribution < 1.29 is 22.8 Å². The maximum atomic E-state index is 12.9. The molecule has 0 unspecified atom stereocenters. The van der Waals surface area contributed by atoms with Gasteiger partial charge in [0.1, 0.15) is 25.2 Å². The monoisotopic (exact) mass is 397 g/mol. The highest BCUT2D eigenvalue weighted by Gasteiger charge is 2.33. The summed E-state index contributed by atoms with van der Waals surface area (Å²) in [6.07, 6.45) is -1.79. The number of carbonyl (C=O) groups excluding carboxylic acids is 2. The van der Waals surface area contributed by atoms with E-state index in [1.807, 2.05) is 19.6 Å². The van der Waals surface area contributed by atoms with Crippen molar-refractivity contribution in [2.75, 3.05) is 5.32 Å². The number of halogens is 4. The van der Waals surface area contributed by atoms with Gasteiger partial charge in [-0.2, -0.15) is 28.0 Å². The molecule has 0 aliphatic rings. The van der Waals surface area contributed by atoms with Gasteiger partial charge in [0.15, 0.2) is 11.5 Å². The lowest BCUT2D eigenvalue weighted by atomic mass is 10.2. The van der Waals surface area contributed by atoms with Crippen molar-refractivity contribution >= 4 is 42.3 Å². The predicted octanol–water partition coefficient (Wildman–Crippen LogP) is 3.65. The second-order valence-corrected chi connectivity index (χ2v) is 4.96. The number of nitriles is 1. The first-order valence-corrected chi connectivity index (χ1v) is 7.22. The van der Waals surface area contributed by atoms with Crippen molar-refractivity contribution in [3.8, 4) is 6.07 Å². The third kappa shape index (κ3) is 4.80. The molecule has 0 aliphatic heterocycles. The molecule has 0 fully saturated rings. The van der Waals surface area contributed by atoms with E-state index in [-0.39, 0.29) is 17.1 Å². The van der Waals surface area contributed by atoms with E-state index in [0.29, 0.717) is 5.65 Å². The van der Waals surface area contributed by atoms with Crippen LogP contribution in [0.3, 0.4) is 0 Å². The molecule has 3 aromatic rings. The van der Waals surface area contributed by atoms with Gasteiger partial charge in [0.05, 0.1) is 23.0 Å². The number of fused-ring (bicyclic) bond motifs is 1. The summed E-state index contributed by atoms with van der Waals surface area (Å²) in [5, 5.41) is 15.5. The summed E-state index contributed by atoms with van der Waals surface area (Å²) < 4.78 is 40.1. The van der Waals surface area contributed by atoms with Crippen molar-refractivity contribution in [3.05, 3.63) is 52.8 Å². The minimum atomic E-state index is -4.58. The molecule has 3 rings (SSSR count). The smallest absolute Gasteiger partial charge is 0.339 e. The lowest BCUT2D eigenvalue weighted by Gasteiger charge is -2.13. The summed E-state index contributed by atoms with van der Waals surface area (Å²) in [4.78, 5) is 20.0. The molecule has 2 aromatic heterocycles. The Kier molecular flexibility index (Phi) is 7.44. The van der Waals surface area contributed by atoms with Gasteiger partial charge in [-0.1, -0.05) is 11.6 Å². The lowest BCUT2D eigenvalue weighted by molar-refractivity contribution is -0.137. The molecule has 0 bridgehead atoms. The number of rotatable bonds is 2. The molecule has 0 saturated heterocycles. The van der Waals surface area contributed by atoms with Crippen LogP contribution in [0.4, 0.5) is 24.7 Å². The fourth-order valence-corrected chi connectivity index (χ4v) is 2.26. The van der Waals surface area contributed by atoms with E-state index in [9.17, 15) is 13.2 Å². The molecule has 27 heavy (non-hydrogen) atoms. The van der Waals surface area contributed by atoms with Gasteiger partial charge in [-0.3, -0.25) is 0 Å². The van der Waals surface area contributed by atoms with Crippen LogP contribution in [0.25, 0.3) is 5.65 Å². The van der Waals surface area contributed by atoms with Crippen LogP contribution in [-0.2, 0) is 15.8 Å². The summed E-state index contributed by atoms with van der Waals surface area (Å²) in [6.45, 7) is 4.00. The van der Waals surface area contributed by atoms with Crippen molar-refractivity contribution in [1.29, 1.82) is 5.26 Å². The summed E-state index contributed by atoms with van der Waals surface area (Å²) >= 11 is 5.59. The van der Waals surface area contributed by atoms with Gasteiger partial charge in [-0.25, -0.2) is 4.98 Å². The van der Waals surface area contributed by atoms with Gasteiger partial charge < -0.3 is 14.9 Å². The van der Waals surface area contributed by atoms with Gasteiger partial charge in [-0.15, -0.1) is 0 Å². The Morgan fingerprint density at radius 1 is 1.19 bits per heavy atom. The zero-order chi connectivity index (χ0) is 20.6. The number of anilines is 2. The summed E-state index contributed by atoms with van der Waals surface area (Å²) in [6, 6.07) is 6.92. The Labute approximate surface area is 156 Å². The van der Waals surface area contributed by atoms with E-state index in [1.54, 1.807) is 6.07 Å². The topological polar surface area (TPSA) is 100 Å². The zero-order valence-electron chi connectivity index (χ0n) is 13.5. The first-order valence-electron chi connectivity index (χ1n) is 6.84. The highest BCUT2D eigenvalue weighted by molar-refractivity contribution is 6.31. The first-order chi connectivity index (χ1) is 12.9. The second-order valence-electron chi connectivity index (χ2n) is 4.55. The highest BCUT2D eigenvalue weighted by Crippen LogP contribution is 2.36. The minimum absolute atomic E-state index is 0.126. The molecule has 1 aromatic carbocycles. The molecule has 2 heterocycles. The van der Waals surface area contributed by atoms with Crippen LogP contribution in [0.1, 0.15) is 11.1 Å². The van der Waals surface area contributed by atoms with E-state index in [2.05, 4.69) is 15.4 Å². The number of nitrogens with one attached hydrogen (secondary N) is 1. The van der Waals surface area contributed by atoms with E-state index >= 15 is 0 Å². The van der Waals surface area contributed by atoms with Crippen molar-refractivity contribution in [1.82, 2.24) is 14.6 Å². The Morgan fingerprint density at radius 3 is 2.44 bits per heavy atom. The van der Waals surface area contributed by atoms with Crippen LogP contribution in [0, 0.1) is 11.3 Å². The lowest BCUT2D eigenvalue weighted by Crippen LogP contribution is -2.08. The van der Waals surface area contributed by atoms with Crippen molar-refractivity contribution in [2.45, 2.75) is 6.18 Å². The number of aromatic nitrogens is 3. The zero-order valence-corrected chi connectivity index (χ0v) is 14.3. The first kappa shape index (κ1) is 21.6. The standard InChI is InChI=1S/C14H7ClF3N5.2CH2O/c15-11-2-1-9(5-10(11)14(16,17)18)22-13-8(6-19)7-20-12-3-4-21-23(12)13;2*1-2/h1-5,7,22H;2*1H2. The van der Waals surface area contributed by atoms with Crippen LogP contribution < -0.4 is 5.32 Å². The van der Waals surface area contributed by atoms with Crippen LogP contribution in [0.5, 0.6) is 0 Å². The molecule has 140 valence electrons. The fourth-order valence-electron chi connectivity index (χ4n) is 2.03. The van der Waals surface area contributed by atoms with E-state index in [0.717, 1.165) is 12.1 Å². The molecule has 0 aliphatic carbocycles. The molecule has 0 atom stereocenters. The maximum absolute atomic E-state index is 12.9. The van der Waals surface area contributed by atoms with E-state index in [1.165, 1.54) is 23.0 Å². The average molecular weight is 398 g/mol. The molecular formula is C16H11ClF3N5O2. The molecule has 0 radical (unpaired) electrons. The summed E-state index contributed by atoms with van der Waals surface area (Å²) in [5.41, 5.74) is -0.240. The number of carbonyl (C=O) groups is 2. The predicted molar refractivity (Wildman–Crippen MR) is 91.7 cm³/mol. The number of hydrogen-bond donors (Lipinski definition) is 1. The van der Waals surface area contributed by atoms with Crippen LogP contribution in [0.2, 0.25) is 5.02 Å². The minimum Gasteiger partial charge on any atom is -0.339 e. The van der Waals surface area contributed by atoms with E-state index in [4.69, 9.17) is 26.5 Å². The van der Waals surface area contributed by atoms with Gasteiger partial charge in [0.25, 0.3) is 0 Å². The maximum Gasteiger partial charge on any atom is 0.417 e. The molecule has 7 nitrogen and oxygen atoms in total. The SMILES string of the molecule is C=O.C=O.N#Cc1cnc2ccnn2c1Nc1ccc(Cl)c(C(F)(F)F)c1. The molecule has 0 spiro atoms. The van der Waals surface area contributed by atoms with Gasteiger partial charge in [0, 0.05) is 11.8 Å². The Morgan fingerprint density at radius 2 is 1.85 bits per heavy atom. The van der Waals surface area contributed by atoms with Gasteiger partial charge in [0.2, 0.25) is 0 Å². The Balaban J connectivity index is 0.000000855. The third-order valence-electron chi connectivity index (χ3n) is 3.07. The molecular weight excluding hydrogens is 387 g/mol. The third-order valence-corrected chi connectivity index (χ3v) is 3.40.